The van der Waals surface area contributed by atoms with E-state index >= 15 is 0 Å². The van der Waals surface area contributed by atoms with Crippen molar-refractivity contribution >= 4 is 10.0 Å². The molecule has 3 saturated heterocycles. The molecule has 3 aliphatic rings. The lowest BCUT2D eigenvalue weighted by Gasteiger charge is -2.39. The van der Waals surface area contributed by atoms with Crippen LogP contribution in [-0.2, 0) is 22.7 Å². The second kappa shape index (κ2) is 11.3. The summed E-state index contributed by atoms with van der Waals surface area (Å²) in [5, 5.41) is 2.80. The minimum atomic E-state index is -4.39. The monoisotopic (exact) mass is 573 g/mol. The third kappa shape index (κ3) is 6.39. The highest BCUT2D eigenvalue weighted by molar-refractivity contribution is 7.89. The van der Waals surface area contributed by atoms with Crippen molar-refractivity contribution in [1.82, 2.24) is 14.5 Å². The lowest BCUT2D eigenvalue weighted by Crippen LogP contribution is -2.53. The second-order valence-electron chi connectivity index (χ2n) is 10.6. The smallest absolute Gasteiger partial charge is 0.416 e. The molecule has 0 unspecified atom stereocenters. The van der Waals surface area contributed by atoms with Crippen LogP contribution in [0.4, 0.5) is 22.0 Å². The zero-order chi connectivity index (χ0) is 27.8. The fourth-order valence-electron chi connectivity index (χ4n) is 5.63. The number of nitrogens with one attached hydrogen (secondary N) is 1. The van der Waals surface area contributed by atoms with Crippen LogP contribution in [0.1, 0.15) is 48.3 Å². The first-order valence-electron chi connectivity index (χ1n) is 13.2. The molecule has 12 heteroatoms. The van der Waals surface area contributed by atoms with Gasteiger partial charge in [-0.2, -0.15) is 13.2 Å². The first kappa shape index (κ1) is 28.3. The zero-order valence-corrected chi connectivity index (χ0v) is 22.2. The van der Waals surface area contributed by atoms with Crippen molar-refractivity contribution in [3.8, 4) is 5.75 Å². The fourth-order valence-corrected chi connectivity index (χ4v) is 7.60. The Morgan fingerprint density at radius 1 is 0.923 bits per heavy atom. The summed E-state index contributed by atoms with van der Waals surface area (Å²) in [4.78, 5) is 1.92. The molecule has 6 nitrogen and oxygen atoms in total. The third-order valence-corrected chi connectivity index (χ3v) is 10.3. The number of alkyl halides is 3. The molecule has 3 fully saturated rings. The molecule has 2 aromatic carbocycles. The van der Waals surface area contributed by atoms with Gasteiger partial charge in [0, 0.05) is 32.7 Å². The average molecular weight is 574 g/mol. The molecule has 0 amide bonds. The fraction of sp³-hybridized carbons (Fsp3) is 0.556. The number of rotatable bonds is 7. The molecular formula is C27H32F5N3O3S. The van der Waals surface area contributed by atoms with Gasteiger partial charge in [0.2, 0.25) is 10.0 Å². The zero-order valence-electron chi connectivity index (χ0n) is 21.4. The molecule has 39 heavy (non-hydrogen) atoms. The standard InChI is InChI=1S/C27H32F5N3O3S/c28-24-13-20(19-7-11-35(12-8-19)39(36,37)23-5-9-33-10-6-23)14-25(29)26(24)38-22-16-34(17-22)15-18-1-3-21(4-2-18)27(30,31)32/h1-4,13-14,19,22-23,33H,5-12,15-17H2. The predicted molar refractivity (Wildman–Crippen MR) is 136 cm³/mol. The summed E-state index contributed by atoms with van der Waals surface area (Å²) >= 11 is 0. The van der Waals surface area contributed by atoms with Gasteiger partial charge >= 0.3 is 6.18 Å². The largest absolute Gasteiger partial charge is 0.482 e. The van der Waals surface area contributed by atoms with Crippen LogP contribution in [0, 0.1) is 11.6 Å². The summed E-state index contributed by atoms with van der Waals surface area (Å²) in [5.74, 6) is -2.18. The highest BCUT2D eigenvalue weighted by Gasteiger charge is 2.36. The molecule has 5 rings (SSSR count). The molecule has 3 heterocycles. The van der Waals surface area contributed by atoms with Crippen LogP contribution in [0.3, 0.4) is 0 Å². The Morgan fingerprint density at radius 3 is 2.08 bits per heavy atom. The van der Waals surface area contributed by atoms with Gasteiger partial charge in [-0.05, 0) is 80.1 Å². The maximum atomic E-state index is 14.9. The van der Waals surface area contributed by atoms with Gasteiger partial charge in [0.05, 0.1) is 10.8 Å². The Bertz CT molecular complexity index is 1230. The van der Waals surface area contributed by atoms with Crippen molar-refractivity contribution in [2.75, 3.05) is 39.3 Å². The van der Waals surface area contributed by atoms with Crippen LogP contribution in [0.5, 0.6) is 5.75 Å². The Kier molecular flexibility index (Phi) is 8.19. The third-order valence-electron chi connectivity index (χ3n) is 7.91. The maximum absolute atomic E-state index is 14.9. The summed E-state index contributed by atoms with van der Waals surface area (Å²) in [6.45, 7) is 3.23. The molecule has 0 aromatic heterocycles. The molecule has 0 radical (unpaired) electrons. The number of ether oxygens (including phenoxy) is 1. The number of hydrogen-bond donors (Lipinski definition) is 1. The molecule has 0 spiro atoms. The number of sulfonamides is 1. The van der Waals surface area contributed by atoms with Gasteiger partial charge in [-0.3, -0.25) is 4.90 Å². The van der Waals surface area contributed by atoms with Gasteiger partial charge in [0.1, 0.15) is 6.10 Å². The average Bonchev–Trinajstić information content (AvgIpc) is 2.89. The van der Waals surface area contributed by atoms with Crippen molar-refractivity contribution in [1.29, 1.82) is 0 Å². The second-order valence-corrected chi connectivity index (χ2v) is 12.8. The van der Waals surface area contributed by atoms with Crippen molar-refractivity contribution in [3.05, 3.63) is 64.7 Å². The van der Waals surface area contributed by atoms with E-state index in [0.29, 0.717) is 82.6 Å². The van der Waals surface area contributed by atoms with E-state index in [9.17, 15) is 30.4 Å². The highest BCUT2D eigenvalue weighted by atomic mass is 32.2. The lowest BCUT2D eigenvalue weighted by molar-refractivity contribution is -0.137. The van der Waals surface area contributed by atoms with Gasteiger partial charge < -0.3 is 10.1 Å². The topological polar surface area (TPSA) is 61.9 Å². The lowest BCUT2D eigenvalue weighted by atomic mass is 9.90. The molecule has 0 atom stereocenters. The number of likely N-dealkylation sites (tertiary alicyclic amines) is 1. The summed E-state index contributed by atoms with van der Waals surface area (Å²) in [6.07, 6.45) is -2.65. The number of benzene rings is 2. The first-order valence-corrected chi connectivity index (χ1v) is 14.7. The number of halogens is 5. The van der Waals surface area contributed by atoms with Crippen molar-refractivity contribution < 1.29 is 35.1 Å². The number of nitrogens with zero attached hydrogens (tertiary/aromatic N) is 2. The van der Waals surface area contributed by atoms with E-state index in [2.05, 4.69) is 5.32 Å². The Hall–Kier alpha value is -2.28. The van der Waals surface area contributed by atoms with E-state index in [1.807, 2.05) is 4.90 Å². The predicted octanol–water partition coefficient (Wildman–Crippen LogP) is 4.51. The van der Waals surface area contributed by atoms with Gasteiger partial charge in [-0.25, -0.2) is 21.5 Å². The van der Waals surface area contributed by atoms with E-state index in [4.69, 9.17) is 4.74 Å². The summed E-state index contributed by atoms with van der Waals surface area (Å²) in [5.41, 5.74) is 0.491. The van der Waals surface area contributed by atoms with Crippen molar-refractivity contribution in [2.24, 2.45) is 0 Å². The minimum Gasteiger partial charge on any atom is -0.482 e. The van der Waals surface area contributed by atoms with Crippen molar-refractivity contribution in [2.45, 2.75) is 55.7 Å². The highest BCUT2D eigenvalue weighted by Crippen LogP contribution is 2.35. The molecular weight excluding hydrogens is 541 g/mol. The maximum Gasteiger partial charge on any atom is 0.416 e. The van der Waals surface area contributed by atoms with Crippen LogP contribution >= 0.6 is 0 Å². The summed E-state index contributed by atoms with van der Waals surface area (Å²) in [7, 11) is -3.38. The molecule has 0 bridgehead atoms. The molecule has 214 valence electrons. The van der Waals surface area contributed by atoms with E-state index < -0.39 is 45.3 Å². The molecule has 0 aliphatic carbocycles. The van der Waals surface area contributed by atoms with E-state index in [1.165, 1.54) is 28.6 Å². The van der Waals surface area contributed by atoms with Gasteiger partial charge in [-0.1, -0.05) is 12.1 Å². The van der Waals surface area contributed by atoms with Crippen LogP contribution in [0.15, 0.2) is 36.4 Å². The van der Waals surface area contributed by atoms with E-state index in [1.54, 1.807) is 0 Å². The van der Waals surface area contributed by atoms with Crippen LogP contribution in [0.2, 0.25) is 0 Å². The van der Waals surface area contributed by atoms with Gasteiger partial charge in [-0.15, -0.1) is 0 Å². The molecule has 3 aliphatic heterocycles. The van der Waals surface area contributed by atoms with Gasteiger partial charge in [0.15, 0.2) is 17.4 Å². The number of piperidine rings is 2. The molecule has 1 N–H and O–H groups in total. The van der Waals surface area contributed by atoms with Crippen LogP contribution < -0.4 is 10.1 Å². The molecule has 0 saturated carbocycles. The summed E-state index contributed by atoms with van der Waals surface area (Å²) < 4.78 is 101. The Morgan fingerprint density at radius 2 is 1.51 bits per heavy atom. The Labute approximate surface area is 225 Å². The SMILES string of the molecule is O=S(=O)(C1CCNCC1)N1CCC(c2cc(F)c(OC3CN(Cc4ccc(C(F)(F)F)cc4)C3)c(F)c2)CC1. The minimum absolute atomic E-state index is 0.148. The molecule has 2 aromatic rings. The Balaban J connectivity index is 1.13. The van der Waals surface area contributed by atoms with E-state index in [0.717, 1.165) is 12.1 Å². The van der Waals surface area contributed by atoms with Crippen LogP contribution in [0.25, 0.3) is 0 Å². The van der Waals surface area contributed by atoms with Crippen molar-refractivity contribution in [3.63, 3.8) is 0 Å². The number of hydrogen-bond acceptors (Lipinski definition) is 5. The van der Waals surface area contributed by atoms with Crippen LogP contribution in [-0.4, -0.2) is 68.2 Å². The van der Waals surface area contributed by atoms with Gasteiger partial charge in [0.25, 0.3) is 0 Å². The summed E-state index contributed by atoms with van der Waals surface area (Å²) in [6, 6.07) is 7.46. The quantitative estimate of drug-likeness (QED) is 0.494. The normalized spacial score (nSPS) is 21.2. The first-order chi connectivity index (χ1) is 18.5. The van der Waals surface area contributed by atoms with E-state index in [-0.39, 0.29) is 11.2 Å².